The van der Waals surface area contributed by atoms with Crippen molar-refractivity contribution < 1.29 is 9.47 Å². The zero-order valence-corrected chi connectivity index (χ0v) is 10.8. The summed E-state index contributed by atoms with van der Waals surface area (Å²) in [4.78, 5) is 10.4. The molecule has 0 amide bonds. The monoisotopic (exact) mass is 240 g/mol. The van der Waals surface area contributed by atoms with Gasteiger partial charge in [0, 0.05) is 19.6 Å². The molecule has 1 unspecified atom stereocenters. The van der Waals surface area contributed by atoms with E-state index in [1.54, 1.807) is 20.3 Å². The Morgan fingerprint density at radius 3 is 2.24 bits per heavy atom. The summed E-state index contributed by atoms with van der Waals surface area (Å²) in [6.07, 6.45) is 0.874. The van der Waals surface area contributed by atoms with Crippen LogP contribution in [0.5, 0.6) is 11.8 Å². The van der Waals surface area contributed by atoms with Gasteiger partial charge in [0.05, 0.1) is 20.3 Å². The normalized spacial score (nSPS) is 12.1. The summed E-state index contributed by atoms with van der Waals surface area (Å²) in [5, 5.41) is 0. The van der Waals surface area contributed by atoms with Crippen molar-refractivity contribution in [2.75, 3.05) is 32.7 Å². The molecule has 0 aromatic carbocycles. The van der Waals surface area contributed by atoms with E-state index >= 15 is 0 Å². The molecule has 1 aromatic heterocycles. The Morgan fingerprint density at radius 1 is 1.29 bits per heavy atom. The van der Waals surface area contributed by atoms with Crippen LogP contribution in [0.2, 0.25) is 0 Å². The second-order valence-corrected chi connectivity index (χ2v) is 3.94. The van der Waals surface area contributed by atoms with Crippen LogP contribution in [0.4, 0.5) is 5.95 Å². The smallest absolute Gasteiger partial charge is 0.231 e. The van der Waals surface area contributed by atoms with E-state index in [1.165, 1.54) is 0 Å². The van der Waals surface area contributed by atoms with Gasteiger partial charge in [-0.1, -0.05) is 0 Å². The average molecular weight is 240 g/mol. The first-order valence-electron chi connectivity index (χ1n) is 5.50. The van der Waals surface area contributed by atoms with E-state index in [0.29, 0.717) is 17.7 Å². The Hall–Kier alpha value is -1.56. The van der Waals surface area contributed by atoms with E-state index in [2.05, 4.69) is 9.97 Å². The van der Waals surface area contributed by atoms with Gasteiger partial charge < -0.3 is 20.1 Å². The number of hydrogen-bond donors (Lipinski definition) is 1. The number of anilines is 1. The Labute approximate surface area is 102 Å². The molecule has 0 spiro atoms. The minimum atomic E-state index is 0.157. The first-order chi connectivity index (χ1) is 8.06. The molecule has 0 saturated carbocycles. The van der Waals surface area contributed by atoms with Gasteiger partial charge in [0.2, 0.25) is 17.7 Å². The Balaban J connectivity index is 2.80. The number of aromatic nitrogens is 2. The minimum absolute atomic E-state index is 0.157. The van der Waals surface area contributed by atoms with Crippen molar-refractivity contribution in [3.63, 3.8) is 0 Å². The zero-order chi connectivity index (χ0) is 12.8. The fourth-order valence-corrected chi connectivity index (χ4v) is 1.27. The quantitative estimate of drug-likeness (QED) is 0.787. The molecule has 17 heavy (non-hydrogen) atoms. The van der Waals surface area contributed by atoms with Crippen LogP contribution in [0.15, 0.2) is 6.07 Å². The lowest BCUT2D eigenvalue weighted by Crippen LogP contribution is -2.27. The molecule has 1 atom stereocenters. The molecule has 0 aliphatic rings. The third-order valence-corrected chi connectivity index (χ3v) is 2.35. The van der Waals surface area contributed by atoms with Gasteiger partial charge in [0.1, 0.15) is 0 Å². The molecule has 6 nitrogen and oxygen atoms in total. The topological polar surface area (TPSA) is 73.5 Å². The second-order valence-electron chi connectivity index (χ2n) is 3.94. The maximum absolute atomic E-state index is 5.71. The van der Waals surface area contributed by atoms with Gasteiger partial charge in [0.15, 0.2) is 0 Å². The summed E-state index contributed by atoms with van der Waals surface area (Å²) >= 11 is 0. The van der Waals surface area contributed by atoms with E-state index in [4.69, 9.17) is 15.2 Å². The zero-order valence-electron chi connectivity index (χ0n) is 10.8. The summed E-state index contributed by atoms with van der Waals surface area (Å²) in [6, 6.07) is 1.80. The molecule has 0 saturated heterocycles. The predicted octanol–water partition coefficient (Wildman–Crippen LogP) is 0.667. The van der Waals surface area contributed by atoms with Crippen molar-refractivity contribution in [2.24, 2.45) is 5.73 Å². The van der Waals surface area contributed by atoms with Crippen LogP contribution in [0.1, 0.15) is 13.3 Å². The van der Waals surface area contributed by atoms with Crippen LogP contribution >= 0.6 is 0 Å². The highest BCUT2D eigenvalue weighted by molar-refractivity contribution is 5.35. The molecule has 1 rings (SSSR count). The molecule has 0 bridgehead atoms. The van der Waals surface area contributed by atoms with Crippen LogP contribution in [0, 0.1) is 0 Å². The Morgan fingerprint density at radius 2 is 1.82 bits per heavy atom. The SMILES string of the molecule is COc1cc(OC)nc(N(C)CCC(C)N)n1. The van der Waals surface area contributed by atoms with Gasteiger partial charge >= 0.3 is 0 Å². The molecule has 1 aromatic rings. The van der Waals surface area contributed by atoms with E-state index in [1.807, 2.05) is 18.9 Å². The van der Waals surface area contributed by atoms with Gasteiger partial charge in [-0.05, 0) is 13.3 Å². The molecular weight excluding hydrogens is 220 g/mol. The molecule has 96 valence electrons. The summed E-state index contributed by atoms with van der Waals surface area (Å²) < 4.78 is 10.2. The third-order valence-electron chi connectivity index (χ3n) is 2.35. The van der Waals surface area contributed by atoms with Crippen molar-refractivity contribution in [2.45, 2.75) is 19.4 Å². The van der Waals surface area contributed by atoms with Crippen molar-refractivity contribution in [1.82, 2.24) is 9.97 Å². The molecular formula is C11H20N4O2. The first-order valence-corrected chi connectivity index (χ1v) is 5.50. The standard InChI is InChI=1S/C11H20N4O2/c1-8(12)5-6-15(2)11-13-9(16-3)7-10(14-11)17-4/h7-8H,5-6,12H2,1-4H3. The summed E-state index contributed by atoms with van der Waals surface area (Å²) in [5.41, 5.74) is 5.71. The predicted molar refractivity (Wildman–Crippen MR) is 66.7 cm³/mol. The first kappa shape index (κ1) is 13.5. The van der Waals surface area contributed by atoms with Crippen LogP contribution in [0.3, 0.4) is 0 Å². The minimum Gasteiger partial charge on any atom is -0.481 e. The molecule has 0 aliphatic heterocycles. The lowest BCUT2D eigenvalue weighted by atomic mass is 10.2. The van der Waals surface area contributed by atoms with Gasteiger partial charge in [-0.3, -0.25) is 0 Å². The van der Waals surface area contributed by atoms with E-state index in [9.17, 15) is 0 Å². The summed E-state index contributed by atoms with van der Waals surface area (Å²) in [5.74, 6) is 1.54. The van der Waals surface area contributed by atoms with E-state index < -0.39 is 0 Å². The maximum atomic E-state index is 5.71. The summed E-state index contributed by atoms with van der Waals surface area (Å²) in [7, 11) is 5.04. The maximum Gasteiger partial charge on any atom is 0.231 e. The van der Waals surface area contributed by atoms with Crippen molar-refractivity contribution in [3.05, 3.63) is 6.07 Å². The van der Waals surface area contributed by atoms with Crippen LogP contribution in [0.25, 0.3) is 0 Å². The molecule has 6 heteroatoms. The number of rotatable bonds is 6. The molecule has 0 fully saturated rings. The van der Waals surface area contributed by atoms with Gasteiger partial charge in [-0.2, -0.15) is 9.97 Å². The lowest BCUT2D eigenvalue weighted by Gasteiger charge is -2.18. The van der Waals surface area contributed by atoms with Crippen LogP contribution in [-0.4, -0.2) is 43.8 Å². The van der Waals surface area contributed by atoms with E-state index in [0.717, 1.165) is 13.0 Å². The number of nitrogens with two attached hydrogens (primary N) is 1. The van der Waals surface area contributed by atoms with Gasteiger partial charge in [0.25, 0.3) is 0 Å². The number of hydrogen-bond acceptors (Lipinski definition) is 6. The van der Waals surface area contributed by atoms with E-state index in [-0.39, 0.29) is 6.04 Å². The van der Waals surface area contributed by atoms with Crippen molar-refractivity contribution in [3.8, 4) is 11.8 Å². The molecule has 2 N–H and O–H groups in total. The largest absolute Gasteiger partial charge is 0.481 e. The van der Waals surface area contributed by atoms with Crippen LogP contribution in [-0.2, 0) is 0 Å². The second kappa shape index (κ2) is 6.24. The molecule has 1 heterocycles. The van der Waals surface area contributed by atoms with Gasteiger partial charge in [-0.15, -0.1) is 0 Å². The Bertz CT molecular complexity index is 335. The highest BCUT2D eigenvalue weighted by Crippen LogP contribution is 2.19. The average Bonchev–Trinajstić information content (AvgIpc) is 2.34. The molecule has 0 aliphatic carbocycles. The Kier molecular flexibility index (Phi) is 4.96. The highest BCUT2D eigenvalue weighted by Gasteiger charge is 2.10. The fourth-order valence-electron chi connectivity index (χ4n) is 1.27. The van der Waals surface area contributed by atoms with Crippen molar-refractivity contribution in [1.29, 1.82) is 0 Å². The number of nitrogens with zero attached hydrogens (tertiary/aromatic N) is 3. The van der Waals surface area contributed by atoms with Crippen LogP contribution < -0.4 is 20.1 Å². The van der Waals surface area contributed by atoms with Gasteiger partial charge in [-0.25, -0.2) is 0 Å². The summed E-state index contributed by atoms with van der Waals surface area (Å²) in [6.45, 7) is 2.76. The number of methoxy groups -OCH3 is 2. The molecule has 0 radical (unpaired) electrons. The third kappa shape index (κ3) is 4.07. The fraction of sp³-hybridized carbons (Fsp3) is 0.636. The lowest BCUT2D eigenvalue weighted by molar-refractivity contribution is 0.371. The number of ether oxygens (including phenoxy) is 2. The highest BCUT2D eigenvalue weighted by atomic mass is 16.5. The van der Waals surface area contributed by atoms with Crippen molar-refractivity contribution >= 4 is 5.95 Å².